The highest BCUT2D eigenvalue weighted by atomic mass is 79.9. The number of anilines is 1. The summed E-state index contributed by atoms with van der Waals surface area (Å²) in [5, 5.41) is 9.09. The van der Waals surface area contributed by atoms with E-state index in [-0.39, 0.29) is 0 Å². The van der Waals surface area contributed by atoms with Gasteiger partial charge in [-0.1, -0.05) is 15.9 Å². The van der Waals surface area contributed by atoms with E-state index in [1.54, 1.807) is 6.07 Å². The van der Waals surface area contributed by atoms with Crippen molar-refractivity contribution in [2.24, 2.45) is 0 Å². The molecule has 0 spiro atoms. The Morgan fingerprint density at radius 1 is 1.53 bits per heavy atom. The summed E-state index contributed by atoms with van der Waals surface area (Å²) in [5.41, 5.74) is 1.16. The first kappa shape index (κ1) is 10.5. The van der Waals surface area contributed by atoms with Gasteiger partial charge in [-0.05, 0) is 31.0 Å². The molecule has 2 rings (SSSR count). The molecule has 3 nitrogen and oxygen atoms in total. The van der Waals surface area contributed by atoms with E-state index in [1.807, 2.05) is 19.2 Å². The molecule has 0 aromatic heterocycles. The Morgan fingerprint density at radius 2 is 2.20 bits per heavy atom. The van der Waals surface area contributed by atoms with E-state index in [0.717, 1.165) is 23.0 Å². The van der Waals surface area contributed by atoms with Crippen molar-refractivity contribution in [3.05, 3.63) is 28.2 Å². The highest BCUT2D eigenvalue weighted by Gasteiger charge is 2.28. The number of carboxylic acid groups (broad SMARTS) is 1. The van der Waals surface area contributed by atoms with Crippen LogP contribution in [0.3, 0.4) is 0 Å². The zero-order valence-corrected chi connectivity index (χ0v) is 9.99. The number of carbonyl (C=O) groups is 1. The summed E-state index contributed by atoms with van der Waals surface area (Å²) in [6, 6.07) is 5.90. The maximum absolute atomic E-state index is 11.1. The fourth-order valence-corrected chi connectivity index (χ4v) is 2.01. The number of benzene rings is 1. The summed E-state index contributed by atoms with van der Waals surface area (Å²) in [6.45, 7) is 0. The van der Waals surface area contributed by atoms with Crippen LogP contribution in [0.1, 0.15) is 23.2 Å². The lowest BCUT2D eigenvalue weighted by Crippen LogP contribution is -2.22. The van der Waals surface area contributed by atoms with E-state index in [2.05, 4.69) is 20.8 Å². The molecule has 4 heteroatoms. The number of halogens is 1. The van der Waals surface area contributed by atoms with Crippen molar-refractivity contribution in [1.82, 2.24) is 0 Å². The summed E-state index contributed by atoms with van der Waals surface area (Å²) in [7, 11) is 1.95. The lowest BCUT2D eigenvalue weighted by atomic mass is 10.1. The maximum Gasteiger partial charge on any atom is 0.337 e. The van der Waals surface area contributed by atoms with Gasteiger partial charge in [-0.2, -0.15) is 0 Å². The van der Waals surface area contributed by atoms with Crippen LogP contribution in [0.15, 0.2) is 22.7 Å². The maximum atomic E-state index is 11.1. The minimum Gasteiger partial charge on any atom is -0.478 e. The van der Waals surface area contributed by atoms with Crippen molar-refractivity contribution in [1.29, 1.82) is 0 Å². The van der Waals surface area contributed by atoms with E-state index in [1.165, 1.54) is 0 Å². The van der Waals surface area contributed by atoms with Crippen LogP contribution in [-0.2, 0) is 0 Å². The molecule has 0 amide bonds. The predicted molar refractivity (Wildman–Crippen MR) is 62.5 cm³/mol. The minimum atomic E-state index is -0.876. The van der Waals surface area contributed by atoms with Gasteiger partial charge in [0.15, 0.2) is 0 Å². The zero-order chi connectivity index (χ0) is 11.0. The Labute approximate surface area is 96.8 Å². The zero-order valence-electron chi connectivity index (χ0n) is 8.40. The third-order valence-corrected chi connectivity index (χ3v) is 3.16. The van der Waals surface area contributed by atoms with Gasteiger partial charge < -0.3 is 10.0 Å². The average Bonchev–Trinajstić information content (AvgIpc) is 2.99. The smallest absolute Gasteiger partial charge is 0.337 e. The van der Waals surface area contributed by atoms with Crippen molar-refractivity contribution < 1.29 is 9.90 Å². The van der Waals surface area contributed by atoms with Crippen molar-refractivity contribution in [2.75, 3.05) is 11.9 Å². The van der Waals surface area contributed by atoms with Crippen LogP contribution in [0.2, 0.25) is 0 Å². The SMILES string of the molecule is CN(c1ccc(Br)cc1C(=O)O)C1CC1. The fourth-order valence-electron chi connectivity index (χ4n) is 1.65. The highest BCUT2D eigenvalue weighted by Crippen LogP contribution is 2.33. The van der Waals surface area contributed by atoms with Gasteiger partial charge in [-0.3, -0.25) is 0 Å². The van der Waals surface area contributed by atoms with Gasteiger partial charge >= 0.3 is 5.97 Å². The molecular formula is C11H12BrNO2. The van der Waals surface area contributed by atoms with E-state index in [4.69, 9.17) is 5.11 Å². The van der Waals surface area contributed by atoms with Crippen molar-refractivity contribution in [2.45, 2.75) is 18.9 Å². The molecule has 0 heterocycles. The van der Waals surface area contributed by atoms with E-state index in [9.17, 15) is 4.79 Å². The molecule has 80 valence electrons. The van der Waals surface area contributed by atoms with E-state index < -0.39 is 5.97 Å². The molecule has 0 bridgehead atoms. The number of nitrogens with zero attached hydrogens (tertiary/aromatic N) is 1. The third kappa shape index (κ3) is 2.15. The molecular weight excluding hydrogens is 258 g/mol. The molecule has 0 unspecified atom stereocenters. The molecule has 1 fully saturated rings. The molecule has 1 aromatic carbocycles. The quantitative estimate of drug-likeness (QED) is 0.918. The number of carboxylic acids is 1. The second-order valence-corrected chi connectivity index (χ2v) is 4.72. The first-order valence-corrected chi connectivity index (χ1v) is 5.64. The van der Waals surface area contributed by atoms with Crippen LogP contribution in [0.25, 0.3) is 0 Å². The van der Waals surface area contributed by atoms with Crippen molar-refractivity contribution in [3.63, 3.8) is 0 Å². The molecule has 0 aliphatic heterocycles. The molecule has 1 saturated carbocycles. The van der Waals surface area contributed by atoms with Gasteiger partial charge in [0.25, 0.3) is 0 Å². The first-order valence-electron chi connectivity index (χ1n) is 4.85. The third-order valence-electron chi connectivity index (χ3n) is 2.66. The van der Waals surface area contributed by atoms with Crippen molar-refractivity contribution >= 4 is 27.6 Å². The summed E-state index contributed by atoms with van der Waals surface area (Å²) < 4.78 is 0.799. The fraction of sp³-hybridized carbons (Fsp3) is 0.364. The lowest BCUT2D eigenvalue weighted by molar-refractivity contribution is 0.0697. The minimum absolute atomic E-state index is 0.360. The van der Waals surface area contributed by atoms with Crippen LogP contribution in [0, 0.1) is 0 Å². The Balaban J connectivity index is 2.40. The van der Waals surface area contributed by atoms with Gasteiger partial charge in [0, 0.05) is 17.6 Å². The van der Waals surface area contributed by atoms with Gasteiger partial charge in [-0.25, -0.2) is 4.79 Å². The van der Waals surface area contributed by atoms with E-state index in [0.29, 0.717) is 11.6 Å². The topological polar surface area (TPSA) is 40.5 Å². The Bertz CT molecular complexity index is 402. The Kier molecular flexibility index (Phi) is 2.69. The normalized spacial score (nSPS) is 15.1. The summed E-state index contributed by atoms with van der Waals surface area (Å²) in [6.07, 6.45) is 2.32. The second kappa shape index (κ2) is 3.85. The number of rotatable bonds is 3. The van der Waals surface area contributed by atoms with Gasteiger partial charge in [0.1, 0.15) is 0 Å². The molecule has 0 atom stereocenters. The van der Waals surface area contributed by atoms with Crippen molar-refractivity contribution in [3.8, 4) is 0 Å². The first-order chi connectivity index (χ1) is 7.09. The van der Waals surface area contributed by atoms with Crippen LogP contribution >= 0.6 is 15.9 Å². The summed E-state index contributed by atoms with van der Waals surface area (Å²) in [5.74, 6) is -0.876. The number of hydrogen-bond acceptors (Lipinski definition) is 2. The Hall–Kier alpha value is -1.03. The molecule has 0 saturated heterocycles. The second-order valence-electron chi connectivity index (χ2n) is 3.81. The van der Waals surface area contributed by atoms with Crippen LogP contribution in [0.4, 0.5) is 5.69 Å². The monoisotopic (exact) mass is 269 g/mol. The predicted octanol–water partition coefficient (Wildman–Crippen LogP) is 2.75. The van der Waals surface area contributed by atoms with Crippen LogP contribution in [0.5, 0.6) is 0 Å². The molecule has 15 heavy (non-hydrogen) atoms. The molecule has 1 aromatic rings. The summed E-state index contributed by atoms with van der Waals surface area (Å²) >= 11 is 3.28. The molecule has 0 radical (unpaired) electrons. The lowest BCUT2D eigenvalue weighted by Gasteiger charge is -2.20. The Morgan fingerprint density at radius 3 is 2.73 bits per heavy atom. The van der Waals surface area contributed by atoms with Crippen LogP contribution in [-0.4, -0.2) is 24.2 Å². The largest absolute Gasteiger partial charge is 0.478 e. The average molecular weight is 270 g/mol. The molecule has 1 aliphatic carbocycles. The van der Waals surface area contributed by atoms with E-state index >= 15 is 0 Å². The standard InChI is InChI=1S/C11H12BrNO2/c1-13(8-3-4-8)10-5-2-7(12)6-9(10)11(14)15/h2,5-6,8H,3-4H2,1H3,(H,14,15). The highest BCUT2D eigenvalue weighted by molar-refractivity contribution is 9.10. The number of aromatic carboxylic acids is 1. The molecule has 1 aliphatic rings. The van der Waals surface area contributed by atoms with Crippen LogP contribution < -0.4 is 4.90 Å². The summed E-state index contributed by atoms with van der Waals surface area (Å²) in [4.78, 5) is 13.1. The number of hydrogen-bond donors (Lipinski definition) is 1. The van der Waals surface area contributed by atoms with Gasteiger partial charge in [0.2, 0.25) is 0 Å². The van der Waals surface area contributed by atoms with Gasteiger partial charge in [0.05, 0.1) is 11.3 Å². The molecule has 1 N–H and O–H groups in total. The van der Waals surface area contributed by atoms with Gasteiger partial charge in [-0.15, -0.1) is 0 Å².